The van der Waals surface area contributed by atoms with Crippen molar-refractivity contribution in [1.29, 1.82) is 0 Å². The number of aromatic nitrogens is 1. The van der Waals surface area contributed by atoms with Crippen LogP contribution in [0.2, 0.25) is 0 Å². The van der Waals surface area contributed by atoms with Gasteiger partial charge in [0.25, 0.3) is 0 Å². The van der Waals surface area contributed by atoms with Crippen LogP contribution in [0, 0.1) is 13.8 Å². The second-order valence-corrected chi connectivity index (χ2v) is 4.10. The average molecular weight is 214 g/mol. The summed E-state index contributed by atoms with van der Waals surface area (Å²) in [6.07, 6.45) is 0. The van der Waals surface area contributed by atoms with Gasteiger partial charge in [-0.2, -0.15) is 0 Å². The highest BCUT2D eigenvalue weighted by atomic mass is 15.0. The second-order valence-electron chi connectivity index (χ2n) is 4.10. The van der Waals surface area contributed by atoms with Crippen LogP contribution in [0.25, 0.3) is 5.69 Å². The molecule has 84 valence electrons. The van der Waals surface area contributed by atoms with Gasteiger partial charge in [-0.1, -0.05) is 18.2 Å². The maximum Gasteiger partial charge on any atom is 0.0455 e. The number of nitrogens with one attached hydrogen (secondary N) is 1. The molecule has 1 aromatic carbocycles. The van der Waals surface area contributed by atoms with Gasteiger partial charge in [0, 0.05) is 23.6 Å². The number of aryl methyl sites for hydroxylation is 1. The van der Waals surface area contributed by atoms with E-state index in [0.717, 1.165) is 6.54 Å². The van der Waals surface area contributed by atoms with E-state index >= 15 is 0 Å². The van der Waals surface area contributed by atoms with E-state index in [1.165, 1.54) is 22.6 Å². The van der Waals surface area contributed by atoms with Gasteiger partial charge in [0.05, 0.1) is 0 Å². The number of rotatable bonds is 3. The predicted octanol–water partition coefficient (Wildman–Crippen LogP) is 2.81. The van der Waals surface area contributed by atoms with Crippen molar-refractivity contribution in [3.63, 3.8) is 0 Å². The van der Waals surface area contributed by atoms with E-state index in [1.807, 2.05) is 13.1 Å². The normalized spacial score (nSPS) is 10.7. The third-order valence-electron chi connectivity index (χ3n) is 2.92. The van der Waals surface area contributed by atoms with Crippen LogP contribution in [-0.4, -0.2) is 11.6 Å². The fourth-order valence-electron chi connectivity index (χ4n) is 2.17. The van der Waals surface area contributed by atoms with Crippen LogP contribution in [0.4, 0.5) is 0 Å². The van der Waals surface area contributed by atoms with Gasteiger partial charge in [-0.3, -0.25) is 0 Å². The zero-order chi connectivity index (χ0) is 11.5. The molecule has 0 spiro atoms. The Hall–Kier alpha value is -1.54. The summed E-state index contributed by atoms with van der Waals surface area (Å²) in [4.78, 5) is 0. The molecule has 0 fully saturated rings. The Bertz CT molecular complexity index is 469. The molecule has 0 aliphatic heterocycles. The van der Waals surface area contributed by atoms with Crippen LogP contribution in [0.5, 0.6) is 0 Å². The molecular formula is C14H18N2. The van der Waals surface area contributed by atoms with E-state index in [4.69, 9.17) is 0 Å². The van der Waals surface area contributed by atoms with E-state index in [2.05, 4.69) is 54.1 Å². The van der Waals surface area contributed by atoms with Crippen LogP contribution in [0.15, 0.2) is 36.4 Å². The van der Waals surface area contributed by atoms with Crippen LogP contribution < -0.4 is 5.32 Å². The van der Waals surface area contributed by atoms with Crippen LogP contribution >= 0.6 is 0 Å². The summed E-state index contributed by atoms with van der Waals surface area (Å²) >= 11 is 0. The lowest BCUT2D eigenvalue weighted by Crippen LogP contribution is -2.06. The third-order valence-corrected chi connectivity index (χ3v) is 2.92. The molecule has 16 heavy (non-hydrogen) atoms. The topological polar surface area (TPSA) is 17.0 Å². The Morgan fingerprint density at radius 1 is 1.12 bits per heavy atom. The second kappa shape index (κ2) is 4.54. The average Bonchev–Trinajstić information content (AvgIpc) is 2.56. The molecule has 0 saturated carbocycles. The summed E-state index contributed by atoms with van der Waals surface area (Å²) in [5.41, 5.74) is 5.20. The molecule has 1 N–H and O–H groups in total. The van der Waals surface area contributed by atoms with Gasteiger partial charge >= 0.3 is 0 Å². The van der Waals surface area contributed by atoms with E-state index in [-0.39, 0.29) is 0 Å². The van der Waals surface area contributed by atoms with Gasteiger partial charge in [0.15, 0.2) is 0 Å². The highest BCUT2D eigenvalue weighted by molar-refractivity contribution is 5.40. The minimum Gasteiger partial charge on any atom is -0.318 e. The minimum absolute atomic E-state index is 0.923. The standard InChI is InChI=1S/C14H18N2/c1-11-9-13(10-15-3)12(2)16(11)14-7-5-4-6-8-14/h4-9,15H,10H2,1-3H3. The Morgan fingerprint density at radius 2 is 1.81 bits per heavy atom. The van der Waals surface area contributed by atoms with E-state index in [0.29, 0.717) is 0 Å². The largest absolute Gasteiger partial charge is 0.318 e. The Labute approximate surface area is 96.9 Å². The monoisotopic (exact) mass is 214 g/mol. The summed E-state index contributed by atoms with van der Waals surface area (Å²) in [5, 5.41) is 3.20. The first kappa shape index (κ1) is 11.0. The fourth-order valence-corrected chi connectivity index (χ4v) is 2.17. The van der Waals surface area contributed by atoms with Crippen LogP contribution in [-0.2, 0) is 6.54 Å². The van der Waals surface area contributed by atoms with Crippen molar-refractivity contribution in [3.8, 4) is 5.69 Å². The molecule has 2 aromatic rings. The van der Waals surface area contributed by atoms with Crippen molar-refractivity contribution in [2.24, 2.45) is 0 Å². The maximum atomic E-state index is 3.20. The first-order valence-electron chi connectivity index (χ1n) is 5.62. The molecule has 0 saturated heterocycles. The first-order chi connectivity index (χ1) is 7.74. The summed E-state index contributed by atoms with van der Waals surface area (Å²) in [6.45, 7) is 5.25. The van der Waals surface area contributed by atoms with E-state index in [9.17, 15) is 0 Å². The van der Waals surface area contributed by atoms with Gasteiger partial charge in [-0.25, -0.2) is 0 Å². The van der Waals surface area contributed by atoms with Gasteiger partial charge in [0.1, 0.15) is 0 Å². The molecule has 0 bridgehead atoms. The van der Waals surface area contributed by atoms with Gasteiger partial charge in [0.2, 0.25) is 0 Å². The van der Waals surface area contributed by atoms with Gasteiger partial charge in [-0.15, -0.1) is 0 Å². The van der Waals surface area contributed by atoms with Crippen molar-refractivity contribution in [1.82, 2.24) is 9.88 Å². The number of hydrogen-bond acceptors (Lipinski definition) is 1. The summed E-state index contributed by atoms with van der Waals surface area (Å²) in [5.74, 6) is 0. The summed E-state index contributed by atoms with van der Waals surface area (Å²) in [7, 11) is 1.98. The molecule has 1 aromatic heterocycles. The van der Waals surface area contributed by atoms with Crippen LogP contribution in [0.1, 0.15) is 17.0 Å². The lowest BCUT2D eigenvalue weighted by Gasteiger charge is -2.09. The Balaban J connectivity index is 2.49. The zero-order valence-corrected chi connectivity index (χ0v) is 10.1. The van der Waals surface area contributed by atoms with Crippen LogP contribution in [0.3, 0.4) is 0 Å². The van der Waals surface area contributed by atoms with Gasteiger partial charge in [-0.05, 0) is 44.7 Å². The minimum atomic E-state index is 0.923. The smallest absolute Gasteiger partial charge is 0.0455 e. The molecule has 2 nitrogen and oxygen atoms in total. The van der Waals surface area contributed by atoms with Crippen molar-refractivity contribution >= 4 is 0 Å². The van der Waals surface area contributed by atoms with Crippen molar-refractivity contribution in [2.45, 2.75) is 20.4 Å². The molecule has 0 aliphatic rings. The third kappa shape index (κ3) is 1.89. The molecule has 0 radical (unpaired) electrons. The highest BCUT2D eigenvalue weighted by Crippen LogP contribution is 2.20. The van der Waals surface area contributed by atoms with E-state index < -0.39 is 0 Å². The van der Waals surface area contributed by atoms with Gasteiger partial charge < -0.3 is 9.88 Å². The molecule has 2 heteroatoms. The SMILES string of the molecule is CNCc1cc(C)n(-c2ccccc2)c1C. The van der Waals surface area contributed by atoms with Crippen molar-refractivity contribution in [2.75, 3.05) is 7.05 Å². The van der Waals surface area contributed by atoms with Crippen molar-refractivity contribution in [3.05, 3.63) is 53.3 Å². The molecule has 1 heterocycles. The van der Waals surface area contributed by atoms with Crippen molar-refractivity contribution < 1.29 is 0 Å². The fraction of sp³-hybridized carbons (Fsp3) is 0.286. The Morgan fingerprint density at radius 3 is 2.44 bits per heavy atom. The zero-order valence-electron chi connectivity index (χ0n) is 10.1. The molecule has 2 rings (SSSR count). The highest BCUT2D eigenvalue weighted by Gasteiger charge is 2.09. The number of nitrogens with zero attached hydrogens (tertiary/aromatic N) is 1. The first-order valence-corrected chi connectivity index (χ1v) is 5.62. The summed E-state index contributed by atoms with van der Waals surface area (Å²) < 4.78 is 2.30. The molecular weight excluding hydrogens is 196 g/mol. The molecule has 0 unspecified atom stereocenters. The lowest BCUT2D eigenvalue weighted by molar-refractivity contribution is 0.807. The predicted molar refractivity (Wildman–Crippen MR) is 68.0 cm³/mol. The molecule has 0 aliphatic carbocycles. The van der Waals surface area contributed by atoms with E-state index in [1.54, 1.807) is 0 Å². The molecule has 0 atom stereocenters. The number of benzene rings is 1. The number of para-hydroxylation sites is 1. The number of hydrogen-bond donors (Lipinski definition) is 1. The quantitative estimate of drug-likeness (QED) is 0.831. The molecule has 0 amide bonds. The lowest BCUT2D eigenvalue weighted by atomic mass is 10.2. The summed E-state index contributed by atoms with van der Waals surface area (Å²) in [6, 6.07) is 12.7. The Kier molecular flexibility index (Phi) is 3.11. The maximum absolute atomic E-state index is 3.20.